The fourth-order valence-electron chi connectivity index (χ4n) is 2.76. The van der Waals surface area contributed by atoms with Crippen molar-refractivity contribution in [1.29, 1.82) is 0 Å². The Balaban J connectivity index is 1.97. The summed E-state index contributed by atoms with van der Waals surface area (Å²) in [4.78, 5) is 12.3. The summed E-state index contributed by atoms with van der Waals surface area (Å²) < 4.78 is 41.1. The van der Waals surface area contributed by atoms with E-state index in [4.69, 9.17) is 14.2 Å². The van der Waals surface area contributed by atoms with Gasteiger partial charge in [0.25, 0.3) is 0 Å². The number of rotatable bonds is 10. The first-order valence-electron chi connectivity index (χ1n) is 8.92. The highest BCUT2D eigenvalue weighted by atomic mass is 32.2. The van der Waals surface area contributed by atoms with Crippen LogP contribution in [0.1, 0.15) is 12.8 Å². The van der Waals surface area contributed by atoms with Gasteiger partial charge < -0.3 is 19.5 Å². The van der Waals surface area contributed by atoms with Crippen LogP contribution >= 0.6 is 0 Å². The van der Waals surface area contributed by atoms with E-state index < -0.39 is 10.0 Å². The van der Waals surface area contributed by atoms with Crippen molar-refractivity contribution in [3.63, 3.8) is 0 Å². The van der Waals surface area contributed by atoms with Crippen LogP contribution < -0.4 is 23.8 Å². The molecule has 1 N–H and O–H groups in total. The molecule has 0 heterocycles. The van der Waals surface area contributed by atoms with E-state index in [1.807, 2.05) is 0 Å². The molecule has 0 saturated carbocycles. The molecular formula is C20H26N2O6S. The molecule has 2 rings (SSSR count). The third-order valence-corrected chi connectivity index (χ3v) is 5.39. The summed E-state index contributed by atoms with van der Waals surface area (Å²) in [5.74, 6) is 1.48. The van der Waals surface area contributed by atoms with Gasteiger partial charge in [-0.2, -0.15) is 0 Å². The van der Waals surface area contributed by atoms with Crippen molar-refractivity contribution in [2.45, 2.75) is 12.8 Å². The molecule has 2 aromatic carbocycles. The van der Waals surface area contributed by atoms with Gasteiger partial charge >= 0.3 is 0 Å². The lowest BCUT2D eigenvalue weighted by Gasteiger charge is -2.22. The van der Waals surface area contributed by atoms with Crippen molar-refractivity contribution in [2.75, 3.05) is 43.8 Å². The van der Waals surface area contributed by atoms with E-state index in [0.717, 1.165) is 6.26 Å². The van der Waals surface area contributed by atoms with Gasteiger partial charge in [-0.3, -0.25) is 9.10 Å². The lowest BCUT2D eigenvalue weighted by atomic mass is 10.2. The van der Waals surface area contributed by atoms with Crippen LogP contribution in [0.2, 0.25) is 0 Å². The number of sulfonamides is 1. The van der Waals surface area contributed by atoms with Crippen LogP contribution in [0.5, 0.6) is 17.2 Å². The van der Waals surface area contributed by atoms with Crippen molar-refractivity contribution in [2.24, 2.45) is 0 Å². The van der Waals surface area contributed by atoms with E-state index in [9.17, 15) is 13.2 Å². The largest absolute Gasteiger partial charge is 0.497 e. The van der Waals surface area contributed by atoms with Gasteiger partial charge in [0, 0.05) is 24.7 Å². The predicted molar refractivity (Wildman–Crippen MR) is 113 cm³/mol. The van der Waals surface area contributed by atoms with Gasteiger partial charge in [-0.25, -0.2) is 8.42 Å². The molecule has 0 bridgehead atoms. The predicted octanol–water partition coefficient (Wildman–Crippen LogP) is 2.90. The standard InChI is InChI=1S/C20H26N2O6S/c1-26-17-10-8-16(9-11-17)22(29(4,24)25)13-5-6-20(23)21-15-7-12-18(27-2)19(14-15)28-3/h7-12,14H,5-6,13H2,1-4H3,(H,21,23). The summed E-state index contributed by atoms with van der Waals surface area (Å²) >= 11 is 0. The molecule has 2 aromatic rings. The maximum atomic E-state index is 12.3. The molecule has 0 aliphatic carbocycles. The summed E-state index contributed by atoms with van der Waals surface area (Å²) in [5.41, 5.74) is 1.09. The minimum absolute atomic E-state index is 0.163. The average Bonchev–Trinajstić information content (AvgIpc) is 2.70. The number of ether oxygens (including phenoxy) is 3. The molecule has 0 radical (unpaired) electrons. The second kappa shape index (κ2) is 10.0. The Morgan fingerprint density at radius 1 is 0.966 bits per heavy atom. The Hall–Kier alpha value is -2.94. The summed E-state index contributed by atoms with van der Waals surface area (Å²) in [6.45, 7) is 0.185. The molecular weight excluding hydrogens is 396 g/mol. The number of nitrogens with zero attached hydrogens (tertiary/aromatic N) is 1. The highest BCUT2D eigenvalue weighted by Gasteiger charge is 2.18. The van der Waals surface area contributed by atoms with Gasteiger partial charge in [0.2, 0.25) is 15.9 Å². The maximum absolute atomic E-state index is 12.3. The number of benzene rings is 2. The summed E-state index contributed by atoms with van der Waals surface area (Å²) in [6, 6.07) is 11.8. The van der Waals surface area contributed by atoms with Crippen molar-refractivity contribution in [3.05, 3.63) is 42.5 Å². The maximum Gasteiger partial charge on any atom is 0.232 e. The second-order valence-electron chi connectivity index (χ2n) is 6.25. The molecule has 8 nitrogen and oxygen atoms in total. The highest BCUT2D eigenvalue weighted by molar-refractivity contribution is 7.92. The number of anilines is 2. The Labute approximate surface area is 171 Å². The number of methoxy groups -OCH3 is 3. The molecule has 0 aliphatic heterocycles. The van der Waals surface area contributed by atoms with Crippen molar-refractivity contribution < 1.29 is 27.4 Å². The molecule has 158 valence electrons. The van der Waals surface area contributed by atoms with Crippen LogP contribution in [0.3, 0.4) is 0 Å². The smallest absolute Gasteiger partial charge is 0.232 e. The zero-order valence-electron chi connectivity index (χ0n) is 17.0. The zero-order chi connectivity index (χ0) is 21.4. The Morgan fingerprint density at radius 3 is 2.17 bits per heavy atom. The van der Waals surface area contributed by atoms with E-state index >= 15 is 0 Å². The third-order valence-electron chi connectivity index (χ3n) is 4.19. The number of carbonyl (C=O) groups is 1. The molecule has 29 heavy (non-hydrogen) atoms. The lowest BCUT2D eigenvalue weighted by molar-refractivity contribution is -0.116. The molecule has 0 fully saturated rings. The number of carbonyl (C=O) groups excluding carboxylic acids is 1. The first-order chi connectivity index (χ1) is 13.8. The highest BCUT2D eigenvalue weighted by Crippen LogP contribution is 2.29. The van der Waals surface area contributed by atoms with E-state index in [-0.39, 0.29) is 18.9 Å². The van der Waals surface area contributed by atoms with Crippen LogP contribution in [0.4, 0.5) is 11.4 Å². The quantitative estimate of drug-likeness (QED) is 0.633. The van der Waals surface area contributed by atoms with Crippen LogP contribution in [0.15, 0.2) is 42.5 Å². The van der Waals surface area contributed by atoms with Gasteiger partial charge in [0.1, 0.15) is 5.75 Å². The normalized spacial score (nSPS) is 10.9. The van der Waals surface area contributed by atoms with E-state index in [0.29, 0.717) is 35.0 Å². The van der Waals surface area contributed by atoms with Crippen molar-refractivity contribution >= 4 is 27.3 Å². The van der Waals surface area contributed by atoms with Gasteiger partial charge in [0.15, 0.2) is 11.5 Å². The number of nitrogens with one attached hydrogen (secondary N) is 1. The van der Waals surface area contributed by atoms with E-state index in [1.165, 1.54) is 18.5 Å². The van der Waals surface area contributed by atoms with Gasteiger partial charge in [-0.05, 0) is 42.8 Å². The van der Waals surface area contributed by atoms with E-state index in [1.54, 1.807) is 49.6 Å². The number of amides is 1. The third kappa shape index (κ3) is 6.28. The average molecular weight is 423 g/mol. The Bertz CT molecular complexity index is 928. The van der Waals surface area contributed by atoms with Gasteiger partial charge in [0.05, 0.1) is 33.3 Å². The minimum atomic E-state index is -3.48. The van der Waals surface area contributed by atoms with Gasteiger partial charge in [-0.15, -0.1) is 0 Å². The molecule has 0 aliphatic rings. The Kier molecular flexibility index (Phi) is 7.72. The first-order valence-corrected chi connectivity index (χ1v) is 10.8. The topological polar surface area (TPSA) is 94.2 Å². The van der Waals surface area contributed by atoms with Crippen LogP contribution in [0, 0.1) is 0 Å². The molecule has 0 aromatic heterocycles. The lowest BCUT2D eigenvalue weighted by Crippen LogP contribution is -2.31. The molecule has 0 unspecified atom stereocenters. The number of hydrogen-bond donors (Lipinski definition) is 1. The molecule has 0 atom stereocenters. The molecule has 9 heteroatoms. The fraction of sp³-hybridized carbons (Fsp3) is 0.350. The summed E-state index contributed by atoms with van der Waals surface area (Å²) in [5, 5.41) is 2.78. The number of hydrogen-bond acceptors (Lipinski definition) is 6. The molecule has 0 spiro atoms. The van der Waals surface area contributed by atoms with E-state index in [2.05, 4.69) is 5.32 Å². The molecule has 1 amide bonds. The summed E-state index contributed by atoms with van der Waals surface area (Å²) in [6.07, 6.45) is 1.66. The van der Waals surface area contributed by atoms with Crippen LogP contribution in [-0.2, 0) is 14.8 Å². The summed E-state index contributed by atoms with van der Waals surface area (Å²) in [7, 11) is 1.11. The van der Waals surface area contributed by atoms with Crippen molar-refractivity contribution in [3.8, 4) is 17.2 Å². The van der Waals surface area contributed by atoms with Crippen LogP contribution in [0.25, 0.3) is 0 Å². The van der Waals surface area contributed by atoms with Crippen LogP contribution in [-0.4, -0.2) is 48.5 Å². The van der Waals surface area contributed by atoms with Gasteiger partial charge in [-0.1, -0.05) is 0 Å². The monoisotopic (exact) mass is 422 g/mol. The first kappa shape index (κ1) is 22.4. The SMILES string of the molecule is COc1ccc(N(CCCC(=O)Nc2ccc(OC)c(OC)c2)S(C)(=O)=O)cc1. The second-order valence-corrected chi connectivity index (χ2v) is 8.16. The minimum Gasteiger partial charge on any atom is -0.497 e. The zero-order valence-corrected chi connectivity index (χ0v) is 17.8. The molecule has 0 saturated heterocycles. The van der Waals surface area contributed by atoms with Crippen molar-refractivity contribution in [1.82, 2.24) is 0 Å². The fourth-order valence-corrected chi connectivity index (χ4v) is 3.72. The Morgan fingerprint density at radius 2 is 1.62 bits per heavy atom.